The van der Waals surface area contributed by atoms with Crippen molar-refractivity contribution in [2.24, 2.45) is 0 Å². The summed E-state index contributed by atoms with van der Waals surface area (Å²) in [5.41, 5.74) is 20.2. The van der Waals surface area contributed by atoms with E-state index in [0.29, 0.717) is 0 Å². The van der Waals surface area contributed by atoms with Crippen LogP contribution in [0, 0.1) is 0 Å². The number of ether oxygens (including phenoxy) is 1. The zero-order valence-electron chi connectivity index (χ0n) is 36.9. The fourth-order valence-electron chi connectivity index (χ4n) is 10.7. The van der Waals surface area contributed by atoms with Gasteiger partial charge in [-0.3, -0.25) is 8.97 Å². The van der Waals surface area contributed by atoms with Gasteiger partial charge in [-0.1, -0.05) is 163 Å². The summed E-state index contributed by atoms with van der Waals surface area (Å²) in [6.45, 7) is 17.0. The molecule has 0 bridgehead atoms. The van der Waals surface area contributed by atoms with Crippen LogP contribution in [0.25, 0.3) is 89.2 Å². The standard InChI is InChI=1S/C58H49N3OSi/c1-57(2,3)48-35-45-42-24-13-11-22-40(42)38-20-9-8-19-37(38)39-21-10-12-23-41(39)44(45)34-46(48)43-25-18-26-47-55(43)62-53-32-31-36(33-54(53)63(6,7)58(47,4)5)60-51-29-16-17-30-52(51)61-50-28-15-14-27-49(50)59-56(60)61/h8-35H,1-7H3. The molecule has 0 N–H and O–H groups in total. The van der Waals surface area contributed by atoms with Gasteiger partial charge in [-0.05, 0) is 131 Å². The van der Waals surface area contributed by atoms with E-state index in [1.807, 2.05) is 0 Å². The summed E-state index contributed by atoms with van der Waals surface area (Å²) in [6, 6.07) is 62.6. The minimum atomic E-state index is -2.35. The molecule has 0 atom stereocenters. The summed E-state index contributed by atoms with van der Waals surface area (Å²) in [5.74, 6) is 2.81. The molecule has 8 aromatic carbocycles. The Kier molecular flexibility index (Phi) is 7.96. The molecule has 63 heavy (non-hydrogen) atoms. The van der Waals surface area contributed by atoms with Crippen LogP contribution in [0.2, 0.25) is 13.1 Å². The number of para-hydroxylation sites is 5. The van der Waals surface area contributed by atoms with Crippen LogP contribution in [0.4, 0.5) is 0 Å². The van der Waals surface area contributed by atoms with Gasteiger partial charge < -0.3 is 4.74 Å². The molecule has 0 spiro atoms. The molecule has 0 unspecified atom stereocenters. The van der Waals surface area contributed by atoms with Crippen molar-refractivity contribution in [3.05, 3.63) is 181 Å². The summed E-state index contributed by atoms with van der Waals surface area (Å²) in [5, 5.41) is 1.11. The molecule has 10 aromatic rings. The first-order chi connectivity index (χ1) is 30.4. The number of nitrogens with zero attached hydrogens (tertiary/aromatic N) is 3. The Hall–Kier alpha value is -6.95. The number of rotatable bonds is 2. The first-order valence-corrected chi connectivity index (χ1v) is 25.2. The highest BCUT2D eigenvalue weighted by molar-refractivity contribution is 6.92. The summed E-state index contributed by atoms with van der Waals surface area (Å²) in [4.78, 5) is 5.22. The number of aromatic nitrogens is 3. The summed E-state index contributed by atoms with van der Waals surface area (Å²) >= 11 is 0. The van der Waals surface area contributed by atoms with Gasteiger partial charge in [0.1, 0.15) is 11.5 Å². The average Bonchev–Trinajstić information content (AvgIpc) is 3.81. The molecular weight excluding hydrogens is 783 g/mol. The topological polar surface area (TPSA) is 31.5 Å². The predicted molar refractivity (Wildman–Crippen MR) is 266 cm³/mol. The van der Waals surface area contributed by atoms with Crippen molar-refractivity contribution in [3.8, 4) is 72.8 Å². The highest BCUT2D eigenvalue weighted by atomic mass is 28.3. The third-order valence-electron chi connectivity index (χ3n) is 14.7. The molecule has 12 rings (SSSR count). The zero-order valence-corrected chi connectivity index (χ0v) is 37.9. The minimum absolute atomic E-state index is 0.175. The van der Waals surface area contributed by atoms with E-state index in [1.54, 1.807) is 0 Å². The molecule has 1 aliphatic heterocycles. The van der Waals surface area contributed by atoms with Crippen molar-refractivity contribution in [2.75, 3.05) is 0 Å². The molecule has 3 heterocycles. The van der Waals surface area contributed by atoms with Crippen LogP contribution in [0.15, 0.2) is 170 Å². The Morgan fingerprint density at radius 3 is 1.65 bits per heavy atom. The Balaban J connectivity index is 1.09. The van der Waals surface area contributed by atoms with Crippen molar-refractivity contribution in [1.29, 1.82) is 0 Å². The molecule has 0 radical (unpaired) electrons. The molecule has 2 aromatic heterocycles. The number of fused-ring (bicyclic) bond motifs is 15. The highest BCUT2D eigenvalue weighted by Crippen LogP contribution is 2.54. The maximum Gasteiger partial charge on any atom is 0.220 e. The van der Waals surface area contributed by atoms with E-state index >= 15 is 0 Å². The maximum absolute atomic E-state index is 7.49. The van der Waals surface area contributed by atoms with Crippen LogP contribution in [0.5, 0.6) is 11.5 Å². The second kappa shape index (κ2) is 13.3. The fourth-order valence-corrected chi connectivity index (χ4v) is 13.5. The molecule has 306 valence electrons. The van der Waals surface area contributed by atoms with Gasteiger partial charge >= 0.3 is 0 Å². The molecule has 5 heteroatoms. The Bertz CT molecular complexity index is 3540. The molecule has 2 aliphatic rings. The van der Waals surface area contributed by atoms with Crippen LogP contribution < -0.4 is 9.92 Å². The average molecular weight is 832 g/mol. The fraction of sp³-hybridized carbons (Fsp3) is 0.155. The first-order valence-electron chi connectivity index (χ1n) is 22.2. The van der Waals surface area contributed by atoms with Crippen molar-refractivity contribution < 1.29 is 4.74 Å². The lowest BCUT2D eigenvalue weighted by molar-refractivity contribution is 0.478. The largest absolute Gasteiger partial charge is 0.457 e. The Morgan fingerprint density at radius 1 is 0.508 bits per heavy atom. The number of hydrogen-bond acceptors (Lipinski definition) is 2. The summed E-state index contributed by atoms with van der Waals surface area (Å²) < 4.78 is 12.1. The lowest BCUT2D eigenvalue weighted by Crippen LogP contribution is -2.56. The van der Waals surface area contributed by atoms with Gasteiger partial charge in [0, 0.05) is 11.3 Å². The molecule has 0 saturated carbocycles. The van der Waals surface area contributed by atoms with E-state index in [9.17, 15) is 0 Å². The van der Waals surface area contributed by atoms with Crippen LogP contribution in [0.1, 0.15) is 45.7 Å². The van der Waals surface area contributed by atoms with Crippen molar-refractivity contribution >= 4 is 41.1 Å². The van der Waals surface area contributed by atoms with E-state index in [4.69, 9.17) is 9.72 Å². The third-order valence-corrected chi connectivity index (χ3v) is 19.8. The first kappa shape index (κ1) is 37.8. The Morgan fingerprint density at radius 2 is 1.03 bits per heavy atom. The van der Waals surface area contributed by atoms with Crippen LogP contribution in [-0.2, 0) is 10.5 Å². The predicted octanol–water partition coefficient (Wildman–Crippen LogP) is 14.9. The van der Waals surface area contributed by atoms with E-state index < -0.39 is 8.07 Å². The summed E-state index contributed by atoms with van der Waals surface area (Å²) in [7, 11) is -2.35. The van der Waals surface area contributed by atoms with Crippen LogP contribution in [0.3, 0.4) is 0 Å². The Labute approximate surface area is 370 Å². The third kappa shape index (κ3) is 5.36. The molecule has 4 nitrogen and oxygen atoms in total. The van der Waals surface area contributed by atoms with Gasteiger partial charge in [0.05, 0.1) is 30.1 Å². The van der Waals surface area contributed by atoms with E-state index in [2.05, 4.69) is 227 Å². The molecular formula is C58H49N3OSi. The van der Waals surface area contributed by atoms with Crippen molar-refractivity contribution in [3.63, 3.8) is 0 Å². The molecule has 1 aliphatic carbocycles. The van der Waals surface area contributed by atoms with Gasteiger partial charge in [-0.25, -0.2) is 4.98 Å². The highest BCUT2D eigenvalue weighted by Gasteiger charge is 2.48. The number of hydrogen-bond donors (Lipinski definition) is 0. The van der Waals surface area contributed by atoms with E-state index in [1.165, 1.54) is 66.4 Å². The van der Waals surface area contributed by atoms with E-state index in [0.717, 1.165) is 50.6 Å². The molecule has 0 fully saturated rings. The smallest absolute Gasteiger partial charge is 0.220 e. The van der Waals surface area contributed by atoms with Gasteiger partial charge in [0.2, 0.25) is 5.78 Å². The summed E-state index contributed by atoms with van der Waals surface area (Å²) in [6.07, 6.45) is 0. The number of imidazole rings is 2. The van der Waals surface area contributed by atoms with Crippen LogP contribution >= 0.6 is 0 Å². The van der Waals surface area contributed by atoms with Gasteiger partial charge in [0.15, 0.2) is 0 Å². The second-order valence-electron chi connectivity index (χ2n) is 19.6. The minimum Gasteiger partial charge on any atom is -0.457 e. The normalized spacial score (nSPS) is 14.7. The van der Waals surface area contributed by atoms with E-state index in [-0.39, 0.29) is 10.5 Å². The van der Waals surface area contributed by atoms with Crippen LogP contribution in [-0.4, -0.2) is 22.0 Å². The maximum atomic E-state index is 7.49. The number of benzene rings is 8. The second-order valence-corrected chi connectivity index (χ2v) is 24.6. The van der Waals surface area contributed by atoms with Gasteiger partial charge in [0.25, 0.3) is 0 Å². The van der Waals surface area contributed by atoms with Gasteiger partial charge in [-0.15, -0.1) is 0 Å². The molecule has 0 saturated heterocycles. The lowest BCUT2D eigenvalue weighted by Gasteiger charge is -2.40. The lowest BCUT2D eigenvalue weighted by atomic mass is 9.75. The molecule has 0 amide bonds. The zero-order chi connectivity index (χ0) is 43.0. The SMILES string of the molecule is CC(C)(C)c1cc2c(cc1-c1cccc3c1Oc1ccc(-n4c5ccccc5n5c6ccccc6nc45)cc1[Si](C)(C)C3(C)C)-c1ccccc1-c1ccccc1-c1ccccc1-2. The van der Waals surface area contributed by atoms with Crippen molar-refractivity contribution in [2.45, 2.75) is 58.2 Å². The van der Waals surface area contributed by atoms with Gasteiger partial charge in [-0.2, -0.15) is 0 Å². The van der Waals surface area contributed by atoms with Crippen molar-refractivity contribution in [1.82, 2.24) is 14.0 Å². The quantitative estimate of drug-likeness (QED) is 0.163. The monoisotopic (exact) mass is 831 g/mol.